The van der Waals surface area contributed by atoms with Gasteiger partial charge in [0, 0.05) is 27.5 Å². The lowest BCUT2D eigenvalue weighted by molar-refractivity contribution is -0.155. The van der Waals surface area contributed by atoms with Gasteiger partial charge in [-0.05, 0) is 45.0 Å². The molecular weight excluding hydrogens is 342 g/mol. The minimum absolute atomic E-state index is 0.0986. The largest absolute Gasteiger partial charge is 0.459 e. The van der Waals surface area contributed by atoms with Crippen LogP contribution in [0.5, 0.6) is 0 Å². The number of carbonyl (C=O) groups is 2. The van der Waals surface area contributed by atoms with Gasteiger partial charge in [0.05, 0.1) is 6.07 Å². The average molecular weight is 363 g/mol. The van der Waals surface area contributed by atoms with E-state index in [-0.39, 0.29) is 24.8 Å². The van der Waals surface area contributed by atoms with Gasteiger partial charge in [-0.1, -0.05) is 18.2 Å². The maximum absolute atomic E-state index is 12.4. The number of ether oxygens (including phenoxy) is 1. The van der Waals surface area contributed by atoms with Crippen molar-refractivity contribution in [2.45, 2.75) is 39.3 Å². The number of nitrogens with zero attached hydrogens (tertiary/aromatic N) is 2. The molecule has 0 aliphatic rings. The van der Waals surface area contributed by atoms with Gasteiger partial charge in [-0.15, -0.1) is 0 Å². The first kappa shape index (κ1) is 18.5. The first-order chi connectivity index (χ1) is 12.8. The fourth-order valence-corrected chi connectivity index (χ4v) is 3.08. The van der Waals surface area contributed by atoms with Crippen LogP contribution in [-0.2, 0) is 20.9 Å². The van der Waals surface area contributed by atoms with E-state index in [0.29, 0.717) is 5.69 Å². The number of aromatic nitrogens is 1. The number of carbonyl (C=O) groups excluding carboxylic acids is 2. The minimum Gasteiger partial charge on any atom is -0.459 e. The Morgan fingerprint density at radius 3 is 2.52 bits per heavy atom. The van der Waals surface area contributed by atoms with Gasteiger partial charge >= 0.3 is 5.97 Å². The summed E-state index contributed by atoms with van der Waals surface area (Å²) in [6, 6.07) is 15.1. The van der Waals surface area contributed by atoms with E-state index in [4.69, 9.17) is 10.00 Å². The molecule has 3 aromatic rings. The molecule has 138 valence electrons. The summed E-state index contributed by atoms with van der Waals surface area (Å²) in [4.78, 5) is 24.1. The number of amides is 1. The third-order valence-corrected chi connectivity index (χ3v) is 4.00. The molecule has 0 saturated carbocycles. The van der Waals surface area contributed by atoms with Crippen LogP contribution in [0.15, 0.2) is 42.5 Å². The zero-order valence-corrected chi connectivity index (χ0v) is 15.6. The van der Waals surface area contributed by atoms with Gasteiger partial charge in [0.1, 0.15) is 18.6 Å². The highest BCUT2D eigenvalue weighted by atomic mass is 16.6. The highest BCUT2D eigenvalue weighted by Crippen LogP contribution is 2.31. The highest BCUT2D eigenvalue weighted by Gasteiger charge is 2.19. The van der Waals surface area contributed by atoms with Gasteiger partial charge in [-0.25, -0.2) is 0 Å². The second kappa shape index (κ2) is 7.12. The first-order valence-electron chi connectivity index (χ1n) is 8.68. The van der Waals surface area contributed by atoms with Crippen LogP contribution in [0.2, 0.25) is 0 Å². The number of anilines is 1. The molecular formula is C21H21N3O3. The van der Waals surface area contributed by atoms with Gasteiger partial charge in [-0.3, -0.25) is 9.59 Å². The molecule has 1 aromatic heterocycles. The number of para-hydroxylation sites is 1. The van der Waals surface area contributed by atoms with Crippen LogP contribution in [0.25, 0.3) is 21.8 Å². The summed E-state index contributed by atoms with van der Waals surface area (Å²) in [6.07, 6.45) is -0.196. The lowest BCUT2D eigenvalue weighted by Crippen LogP contribution is -2.26. The molecule has 0 bridgehead atoms. The van der Waals surface area contributed by atoms with Crippen molar-refractivity contribution in [1.29, 1.82) is 5.26 Å². The van der Waals surface area contributed by atoms with Gasteiger partial charge in [0.15, 0.2) is 0 Å². The van der Waals surface area contributed by atoms with E-state index in [1.54, 1.807) is 6.07 Å². The van der Waals surface area contributed by atoms with Crippen molar-refractivity contribution < 1.29 is 14.3 Å². The van der Waals surface area contributed by atoms with Gasteiger partial charge in [0.25, 0.3) is 0 Å². The van der Waals surface area contributed by atoms with Crippen molar-refractivity contribution >= 4 is 39.4 Å². The maximum atomic E-state index is 12.4. The standard InChI is InChI=1S/C21H21N3O3/c1-21(2,3)27-20(26)13-24-17-7-5-4-6-15(17)16-12-14(8-9-18(16)24)23-19(25)10-11-22/h4-9,12H,10,13H2,1-3H3,(H,23,25). The van der Waals surface area contributed by atoms with Crippen molar-refractivity contribution in [3.8, 4) is 6.07 Å². The molecule has 3 rings (SSSR count). The fraction of sp³-hybridized carbons (Fsp3) is 0.286. The molecule has 0 spiro atoms. The number of hydrogen-bond acceptors (Lipinski definition) is 4. The predicted octanol–water partition coefficient (Wildman–Crippen LogP) is 3.99. The summed E-state index contributed by atoms with van der Waals surface area (Å²) < 4.78 is 7.38. The number of benzene rings is 2. The quantitative estimate of drug-likeness (QED) is 0.710. The van der Waals surface area contributed by atoms with E-state index in [1.807, 2.05) is 67.8 Å². The Hall–Kier alpha value is -3.33. The van der Waals surface area contributed by atoms with Crippen LogP contribution < -0.4 is 5.32 Å². The zero-order valence-electron chi connectivity index (χ0n) is 15.6. The van der Waals surface area contributed by atoms with E-state index in [1.165, 1.54) is 0 Å². The van der Waals surface area contributed by atoms with E-state index >= 15 is 0 Å². The van der Waals surface area contributed by atoms with E-state index in [0.717, 1.165) is 21.8 Å². The van der Waals surface area contributed by atoms with Crippen molar-refractivity contribution in [3.05, 3.63) is 42.5 Å². The molecule has 0 saturated heterocycles. The van der Waals surface area contributed by atoms with E-state index in [9.17, 15) is 9.59 Å². The summed E-state index contributed by atoms with van der Waals surface area (Å²) in [5.74, 6) is -0.661. The fourth-order valence-electron chi connectivity index (χ4n) is 3.08. The normalized spacial score (nSPS) is 11.3. The van der Waals surface area contributed by atoms with Crippen LogP contribution in [-0.4, -0.2) is 22.0 Å². The lowest BCUT2D eigenvalue weighted by Gasteiger charge is -2.20. The summed E-state index contributed by atoms with van der Waals surface area (Å²) in [5.41, 5.74) is 1.86. The Morgan fingerprint density at radius 1 is 1.11 bits per heavy atom. The van der Waals surface area contributed by atoms with Crippen molar-refractivity contribution in [2.24, 2.45) is 0 Å². The van der Waals surface area contributed by atoms with Gasteiger partial charge < -0.3 is 14.6 Å². The molecule has 27 heavy (non-hydrogen) atoms. The number of nitrogens with one attached hydrogen (secondary N) is 1. The molecule has 0 radical (unpaired) electrons. The maximum Gasteiger partial charge on any atom is 0.326 e. The van der Waals surface area contributed by atoms with E-state index in [2.05, 4.69) is 5.32 Å². The number of rotatable bonds is 4. The number of esters is 1. The van der Waals surface area contributed by atoms with Gasteiger partial charge in [0.2, 0.25) is 5.91 Å². The molecule has 6 heteroatoms. The third kappa shape index (κ3) is 4.09. The van der Waals surface area contributed by atoms with Crippen molar-refractivity contribution in [3.63, 3.8) is 0 Å². The monoisotopic (exact) mass is 363 g/mol. The Balaban J connectivity index is 2.04. The molecule has 2 aromatic carbocycles. The van der Waals surface area contributed by atoms with Crippen molar-refractivity contribution in [1.82, 2.24) is 4.57 Å². The summed E-state index contributed by atoms with van der Waals surface area (Å²) in [5, 5.41) is 13.3. The topological polar surface area (TPSA) is 84.1 Å². The number of hydrogen-bond donors (Lipinski definition) is 1. The highest BCUT2D eigenvalue weighted by molar-refractivity contribution is 6.10. The molecule has 6 nitrogen and oxygen atoms in total. The Morgan fingerprint density at radius 2 is 1.81 bits per heavy atom. The lowest BCUT2D eigenvalue weighted by atomic mass is 10.1. The first-order valence-corrected chi connectivity index (χ1v) is 8.68. The summed E-state index contributed by atoms with van der Waals surface area (Å²) in [6.45, 7) is 5.62. The molecule has 0 atom stereocenters. The Bertz CT molecular complexity index is 1070. The van der Waals surface area contributed by atoms with Crippen LogP contribution in [0.4, 0.5) is 5.69 Å². The second-order valence-electron chi connectivity index (χ2n) is 7.30. The Kier molecular flexibility index (Phi) is 4.87. The van der Waals surface area contributed by atoms with Crippen LogP contribution in [0, 0.1) is 11.3 Å². The number of fused-ring (bicyclic) bond motifs is 3. The molecule has 0 unspecified atom stereocenters. The molecule has 0 aliphatic heterocycles. The smallest absolute Gasteiger partial charge is 0.326 e. The Labute approximate surface area is 157 Å². The van der Waals surface area contributed by atoms with Crippen LogP contribution >= 0.6 is 0 Å². The molecule has 1 amide bonds. The van der Waals surface area contributed by atoms with Crippen LogP contribution in [0.3, 0.4) is 0 Å². The zero-order chi connectivity index (χ0) is 19.6. The SMILES string of the molecule is CC(C)(C)OC(=O)Cn1c2ccccc2c2cc(NC(=O)CC#N)ccc21. The minimum atomic E-state index is -0.548. The molecule has 0 fully saturated rings. The third-order valence-electron chi connectivity index (χ3n) is 4.00. The predicted molar refractivity (Wildman–Crippen MR) is 104 cm³/mol. The molecule has 0 aliphatic carbocycles. The van der Waals surface area contributed by atoms with Gasteiger partial charge in [-0.2, -0.15) is 5.26 Å². The average Bonchev–Trinajstić information content (AvgIpc) is 2.87. The number of nitriles is 1. The van der Waals surface area contributed by atoms with E-state index < -0.39 is 5.60 Å². The van der Waals surface area contributed by atoms with Crippen molar-refractivity contribution in [2.75, 3.05) is 5.32 Å². The van der Waals surface area contributed by atoms with Crippen LogP contribution in [0.1, 0.15) is 27.2 Å². The molecule has 1 heterocycles. The summed E-state index contributed by atoms with van der Waals surface area (Å²) >= 11 is 0. The summed E-state index contributed by atoms with van der Waals surface area (Å²) in [7, 11) is 0. The second-order valence-corrected chi connectivity index (χ2v) is 7.30. The molecule has 1 N–H and O–H groups in total.